The van der Waals surface area contributed by atoms with Crippen LogP contribution >= 0.6 is 15.9 Å². The molecule has 1 aromatic heterocycles. The standard InChI is InChI=1S/C11H14BrNO3S/c1-7(2)10(11(14)15)17(16)6-8-3-9(12)5-13-4-8/h3-5,7,10H,6H2,1-2H3,(H,14,15). The molecule has 0 amide bonds. The minimum Gasteiger partial charge on any atom is -0.480 e. The third kappa shape index (κ3) is 4.20. The highest BCUT2D eigenvalue weighted by Crippen LogP contribution is 2.16. The van der Waals surface area contributed by atoms with Crippen LogP contribution in [0.1, 0.15) is 19.4 Å². The van der Waals surface area contributed by atoms with Crippen LogP contribution < -0.4 is 0 Å². The molecule has 17 heavy (non-hydrogen) atoms. The van der Waals surface area contributed by atoms with E-state index in [0.717, 1.165) is 10.0 Å². The Morgan fingerprint density at radius 1 is 1.53 bits per heavy atom. The van der Waals surface area contributed by atoms with Crippen LogP contribution in [0.4, 0.5) is 0 Å². The van der Waals surface area contributed by atoms with Crippen molar-refractivity contribution in [3.63, 3.8) is 0 Å². The van der Waals surface area contributed by atoms with Crippen LogP contribution in [0.2, 0.25) is 0 Å². The third-order valence-corrected chi connectivity index (χ3v) is 4.57. The fourth-order valence-corrected chi connectivity index (χ4v) is 3.40. The van der Waals surface area contributed by atoms with Crippen LogP contribution in [-0.4, -0.2) is 25.5 Å². The summed E-state index contributed by atoms with van der Waals surface area (Å²) in [5.74, 6) is -0.962. The van der Waals surface area contributed by atoms with Gasteiger partial charge < -0.3 is 5.11 Å². The van der Waals surface area contributed by atoms with Crippen LogP contribution in [0.5, 0.6) is 0 Å². The maximum Gasteiger partial charge on any atom is 0.319 e. The van der Waals surface area contributed by atoms with E-state index >= 15 is 0 Å². The molecule has 1 rings (SSSR count). The lowest BCUT2D eigenvalue weighted by Crippen LogP contribution is -2.31. The van der Waals surface area contributed by atoms with Crippen LogP contribution in [0, 0.1) is 5.92 Å². The molecule has 94 valence electrons. The minimum atomic E-state index is -1.44. The molecular formula is C11H14BrNO3S. The minimum absolute atomic E-state index is 0.159. The summed E-state index contributed by atoms with van der Waals surface area (Å²) in [7, 11) is -1.44. The summed E-state index contributed by atoms with van der Waals surface area (Å²) in [5, 5.41) is 8.19. The number of halogens is 1. The van der Waals surface area contributed by atoms with Crippen molar-refractivity contribution in [3.8, 4) is 0 Å². The molecule has 6 heteroatoms. The monoisotopic (exact) mass is 319 g/mol. The number of carboxylic acids is 1. The zero-order valence-corrected chi connectivity index (χ0v) is 12.0. The summed E-state index contributed by atoms with van der Waals surface area (Å²) in [5.41, 5.74) is 0.768. The molecule has 0 spiro atoms. The second-order valence-electron chi connectivity index (χ2n) is 4.04. The molecule has 0 radical (unpaired) electrons. The van der Waals surface area contributed by atoms with Gasteiger partial charge in [0.1, 0.15) is 5.25 Å². The average molecular weight is 320 g/mol. The zero-order chi connectivity index (χ0) is 13.0. The molecule has 0 bridgehead atoms. The molecule has 4 nitrogen and oxygen atoms in total. The lowest BCUT2D eigenvalue weighted by molar-refractivity contribution is -0.137. The Morgan fingerprint density at radius 3 is 2.65 bits per heavy atom. The van der Waals surface area contributed by atoms with E-state index < -0.39 is 22.0 Å². The number of nitrogens with zero attached hydrogens (tertiary/aromatic N) is 1. The van der Waals surface area contributed by atoms with Gasteiger partial charge in [0.15, 0.2) is 0 Å². The largest absolute Gasteiger partial charge is 0.480 e. The molecule has 0 aliphatic heterocycles. The average Bonchev–Trinajstić information content (AvgIpc) is 2.15. The fraction of sp³-hybridized carbons (Fsp3) is 0.455. The molecular weight excluding hydrogens is 306 g/mol. The Bertz CT molecular complexity index is 436. The molecule has 2 unspecified atom stereocenters. The quantitative estimate of drug-likeness (QED) is 0.903. The van der Waals surface area contributed by atoms with Crippen LogP contribution in [0.15, 0.2) is 22.9 Å². The van der Waals surface area contributed by atoms with Gasteiger partial charge in [-0.2, -0.15) is 0 Å². The van der Waals surface area contributed by atoms with Crippen molar-refractivity contribution in [2.24, 2.45) is 5.92 Å². The van der Waals surface area contributed by atoms with E-state index in [4.69, 9.17) is 5.11 Å². The van der Waals surface area contributed by atoms with Gasteiger partial charge in [0, 0.05) is 27.7 Å². The maximum atomic E-state index is 12.0. The summed E-state index contributed by atoms with van der Waals surface area (Å²) in [6.45, 7) is 3.52. The first-order valence-corrected chi connectivity index (χ1v) is 7.28. The first-order chi connectivity index (χ1) is 7.91. The normalized spacial score (nSPS) is 14.6. The fourth-order valence-electron chi connectivity index (χ4n) is 1.49. The van der Waals surface area contributed by atoms with Crippen molar-refractivity contribution in [1.82, 2.24) is 4.98 Å². The first kappa shape index (κ1) is 14.3. The van der Waals surface area contributed by atoms with E-state index in [1.54, 1.807) is 32.3 Å². The SMILES string of the molecule is CC(C)C(C(=O)O)S(=O)Cc1cncc(Br)c1. The Balaban J connectivity index is 2.81. The van der Waals surface area contributed by atoms with Gasteiger partial charge in [0.2, 0.25) is 0 Å². The van der Waals surface area contributed by atoms with Crippen molar-refractivity contribution in [2.45, 2.75) is 24.9 Å². The molecule has 0 fully saturated rings. The number of hydrogen-bond donors (Lipinski definition) is 1. The molecule has 1 aromatic rings. The molecule has 1 N–H and O–H groups in total. The van der Waals surface area contributed by atoms with E-state index in [1.165, 1.54) is 0 Å². The third-order valence-electron chi connectivity index (χ3n) is 2.20. The zero-order valence-electron chi connectivity index (χ0n) is 9.59. The molecule has 0 saturated heterocycles. The van der Waals surface area contributed by atoms with E-state index in [9.17, 15) is 9.00 Å². The van der Waals surface area contributed by atoms with Gasteiger partial charge in [-0.25, -0.2) is 0 Å². The second kappa shape index (κ2) is 6.26. The highest BCUT2D eigenvalue weighted by Gasteiger charge is 2.28. The number of carbonyl (C=O) groups is 1. The summed E-state index contributed by atoms with van der Waals surface area (Å²) in [4.78, 5) is 15.0. The number of hydrogen-bond acceptors (Lipinski definition) is 3. The molecule has 0 aliphatic rings. The summed E-state index contributed by atoms with van der Waals surface area (Å²) in [6, 6.07) is 1.80. The van der Waals surface area contributed by atoms with Crippen molar-refractivity contribution in [3.05, 3.63) is 28.5 Å². The van der Waals surface area contributed by atoms with Crippen molar-refractivity contribution >= 4 is 32.7 Å². The van der Waals surface area contributed by atoms with E-state index in [-0.39, 0.29) is 11.7 Å². The number of pyridine rings is 1. The van der Waals surface area contributed by atoms with E-state index in [1.807, 2.05) is 0 Å². The highest BCUT2D eigenvalue weighted by molar-refractivity contribution is 9.10. The summed E-state index contributed by atoms with van der Waals surface area (Å²) in [6.07, 6.45) is 3.23. The predicted molar refractivity (Wildman–Crippen MR) is 70.0 cm³/mol. The van der Waals surface area contributed by atoms with E-state index in [0.29, 0.717) is 0 Å². The Morgan fingerprint density at radius 2 is 2.18 bits per heavy atom. The van der Waals surface area contributed by atoms with Gasteiger partial charge in [0.25, 0.3) is 0 Å². The number of rotatable bonds is 5. The maximum absolute atomic E-state index is 12.0. The van der Waals surface area contributed by atoms with Gasteiger partial charge in [0.05, 0.1) is 5.75 Å². The Labute approximate surface area is 111 Å². The van der Waals surface area contributed by atoms with Crippen LogP contribution in [0.3, 0.4) is 0 Å². The van der Waals surface area contributed by atoms with Crippen LogP contribution in [-0.2, 0) is 21.3 Å². The molecule has 0 saturated carbocycles. The summed E-state index contributed by atoms with van der Waals surface area (Å²) < 4.78 is 12.8. The highest BCUT2D eigenvalue weighted by atomic mass is 79.9. The number of aromatic nitrogens is 1. The summed E-state index contributed by atoms with van der Waals surface area (Å²) >= 11 is 3.27. The van der Waals surface area contributed by atoms with Gasteiger partial charge >= 0.3 is 5.97 Å². The Hall–Kier alpha value is -0.750. The van der Waals surface area contributed by atoms with Gasteiger partial charge in [-0.1, -0.05) is 13.8 Å². The molecule has 1 heterocycles. The molecule has 2 atom stereocenters. The van der Waals surface area contributed by atoms with Crippen molar-refractivity contribution in [1.29, 1.82) is 0 Å². The van der Waals surface area contributed by atoms with Gasteiger partial charge in [-0.05, 0) is 33.5 Å². The van der Waals surface area contributed by atoms with Crippen LogP contribution in [0.25, 0.3) is 0 Å². The van der Waals surface area contributed by atoms with Gasteiger partial charge in [-0.15, -0.1) is 0 Å². The topological polar surface area (TPSA) is 67.3 Å². The molecule has 0 aromatic carbocycles. The first-order valence-electron chi connectivity index (χ1n) is 5.11. The molecule has 0 aliphatic carbocycles. The smallest absolute Gasteiger partial charge is 0.319 e. The van der Waals surface area contributed by atoms with Crippen molar-refractivity contribution in [2.75, 3.05) is 0 Å². The van der Waals surface area contributed by atoms with Crippen molar-refractivity contribution < 1.29 is 14.1 Å². The number of aliphatic carboxylic acids is 1. The Kier molecular flexibility index (Phi) is 5.27. The van der Waals surface area contributed by atoms with E-state index in [2.05, 4.69) is 20.9 Å². The lowest BCUT2D eigenvalue weighted by atomic mass is 10.1. The second-order valence-corrected chi connectivity index (χ2v) is 6.51. The predicted octanol–water partition coefficient (Wildman–Crippen LogP) is 2.20. The number of carboxylic acid groups (broad SMARTS) is 1. The van der Waals surface area contributed by atoms with Gasteiger partial charge in [-0.3, -0.25) is 14.0 Å². The lowest BCUT2D eigenvalue weighted by Gasteiger charge is -2.15.